The number of hydrogen-bond acceptors (Lipinski definition) is 6. The molecule has 0 fully saturated rings. The smallest absolute Gasteiger partial charge is 0.307 e. The topological polar surface area (TPSA) is 101 Å². The number of nitrogens with one attached hydrogen (secondary N) is 2. The van der Waals surface area contributed by atoms with E-state index in [0.717, 1.165) is 24.8 Å². The molecular formula is C21H19Cl2N3O4S. The number of aromatic nitrogens is 2. The number of aryl methyl sites for hydroxylation is 3. The second-order valence-corrected chi connectivity index (χ2v) is 9.29. The van der Waals surface area contributed by atoms with Crippen LogP contribution < -0.4 is 10.9 Å². The zero-order valence-corrected chi connectivity index (χ0v) is 18.9. The van der Waals surface area contributed by atoms with Crippen LogP contribution >= 0.6 is 34.5 Å². The van der Waals surface area contributed by atoms with Gasteiger partial charge >= 0.3 is 5.97 Å². The van der Waals surface area contributed by atoms with E-state index in [9.17, 15) is 14.4 Å². The first-order valence-corrected chi connectivity index (χ1v) is 11.4. The van der Waals surface area contributed by atoms with Crippen molar-refractivity contribution in [3.63, 3.8) is 0 Å². The first-order valence-electron chi connectivity index (χ1n) is 9.80. The Morgan fingerprint density at radius 2 is 2.00 bits per heavy atom. The molecule has 1 amide bonds. The van der Waals surface area contributed by atoms with Crippen LogP contribution in [-0.2, 0) is 33.6 Å². The molecule has 3 aromatic rings. The van der Waals surface area contributed by atoms with E-state index in [4.69, 9.17) is 27.9 Å². The zero-order valence-electron chi connectivity index (χ0n) is 16.6. The summed E-state index contributed by atoms with van der Waals surface area (Å²) in [5, 5.41) is 4.03. The number of anilines is 1. The molecule has 2 N–H and O–H groups in total. The second kappa shape index (κ2) is 8.98. The van der Waals surface area contributed by atoms with Gasteiger partial charge < -0.3 is 15.0 Å². The quantitative estimate of drug-likeness (QED) is 0.513. The van der Waals surface area contributed by atoms with E-state index in [0.29, 0.717) is 31.8 Å². The maximum atomic E-state index is 12.5. The van der Waals surface area contributed by atoms with Crippen LogP contribution in [0.3, 0.4) is 0 Å². The fraction of sp³-hybridized carbons (Fsp3) is 0.333. The summed E-state index contributed by atoms with van der Waals surface area (Å²) in [7, 11) is 0. The maximum absolute atomic E-state index is 12.5. The van der Waals surface area contributed by atoms with E-state index >= 15 is 0 Å². The molecule has 2 heterocycles. The third-order valence-corrected chi connectivity index (χ3v) is 6.62. The first kappa shape index (κ1) is 21.8. The number of carbonyl (C=O) groups excluding carboxylic acids is 2. The molecule has 0 saturated carbocycles. The third-order valence-electron chi connectivity index (χ3n) is 5.00. The molecule has 1 aromatic carbocycles. The van der Waals surface area contributed by atoms with E-state index in [-0.39, 0.29) is 18.4 Å². The Hall–Kier alpha value is -2.42. The van der Waals surface area contributed by atoms with Gasteiger partial charge in [-0.2, -0.15) is 0 Å². The lowest BCUT2D eigenvalue weighted by molar-refractivity contribution is -0.153. The minimum Gasteiger partial charge on any atom is -0.453 e. The maximum Gasteiger partial charge on any atom is 0.307 e. The molecule has 7 nitrogen and oxygen atoms in total. The van der Waals surface area contributed by atoms with Crippen molar-refractivity contribution in [1.29, 1.82) is 0 Å². The number of H-pyrrole nitrogens is 1. The van der Waals surface area contributed by atoms with Gasteiger partial charge in [0.2, 0.25) is 0 Å². The van der Waals surface area contributed by atoms with Crippen LogP contribution in [0.25, 0.3) is 10.2 Å². The van der Waals surface area contributed by atoms with E-state index in [2.05, 4.69) is 15.3 Å². The molecule has 0 unspecified atom stereocenters. The number of thiophene rings is 1. The number of halogens is 2. The predicted molar refractivity (Wildman–Crippen MR) is 121 cm³/mol. The van der Waals surface area contributed by atoms with Crippen molar-refractivity contribution in [2.45, 2.75) is 45.1 Å². The summed E-state index contributed by atoms with van der Waals surface area (Å²) in [4.78, 5) is 46.2. The Morgan fingerprint density at radius 3 is 2.74 bits per heavy atom. The average molecular weight is 480 g/mol. The minimum absolute atomic E-state index is 0.0137. The lowest BCUT2D eigenvalue weighted by atomic mass is 10.2. The van der Waals surface area contributed by atoms with Crippen LogP contribution in [0.2, 0.25) is 10.0 Å². The molecule has 10 heteroatoms. The van der Waals surface area contributed by atoms with Gasteiger partial charge in [0.15, 0.2) is 6.10 Å². The number of esters is 1. The highest BCUT2D eigenvalue weighted by Gasteiger charge is 2.22. The van der Waals surface area contributed by atoms with Crippen LogP contribution in [0, 0.1) is 0 Å². The molecule has 1 atom stereocenters. The number of benzene rings is 1. The van der Waals surface area contributed by atoms with Crippen molar-refractivity contribution in [3.8, 4) is 0 Å². The predicted octanol–water partition coefficient (Wildman–Crippen LogP) is 4.28. The van der Waals surface area contributed by atoms with Crippen LogP contribution in [0.1, 0.15) is 36.0 Å². The molecule has 162 valence electrons. The standard InChI is InChI=1S/C21H19Cl2N3O4S/c1-10(19(28)24-13-8-11(22)7-12(23)9-13)30-17(27)6-5-16-25-20(29)18-14-3-2-4-15(14)31-21(18)26-16/h7-10H,2-6H2,1H3,(H,24,28)(H,25,26,29)/t10-/m0/s1. The summed E-state index contributed by atoms with van der Waals surface area (Å²) in [6.45, 7) is 1.47. The molecule has 0 bridgehead atoms. The van der Waals surface area contributed by atoms with Gasteiger partial charge in [-0.3, -0.25) is 14.4 Å². The van der Waals surface area contributed by atoms with Crippen LogP contribution in [-0.4, -0.2) is 27.9 Å². The van der Waals surface area contributed by atoms with Crippen molar-refractivity contribution in [2.75, 3.05) is 5.32 Å². The van der Waals surface area contributed by atoms with Crippen LogP contribution in [0.15, 0.2) is 23.0 Å². The zero-order chi connectivity index (χ0) is 22.1. The summed E-state index contributed by atoms with van der Waals surface area (Å²) in [6, 6.07) is 4.62. The van der Waals surface area contributed by atoms with Crippen molar-refractivity contribution < 1.29 is 14.3 Å². The molecule has 0 spiro atoms. The Labute approximate surface area is 191 Å². The Bertz CT molecular complexity index is 1220. The Balaban J connectivity index is 1.34. The van der Waals surface area contributed by atoms with Gasteiger partial charge in [0.1, 0.15) is 10.7 Å². The van der Waals surface area contributed by atoms with Crippen LogP contribution in [0.4, 0.5) is 5.69 Å². The van der Waals surface area contributed by atoms with Gasteiger partial charge in [0.25, 0.3) is 11.5 Å². The highest BCUT2D eigenvalue weighted by Crippen LogP contribution is 2.34. The fourth-order valence-electron chi connectivity index (χ4n) is 3.57. The highest BCUT2D eigenvalue weighted by atomic mass is 35.5. The Morgan fingerprint density at radius 1 is 1.26 bits per heavy atom. The van der Waals surface area contributed by atoms with Gasteiger partial charge in [-0.15, -0.1) is 11.3 Å². The van der Waals surface area contributed by atoms with Crippen molar-refractivity contribution in [3.05, 3.63) is 54.9 Å². The fourth-order valence-corrected chi connectivity index (χ4v) is 5.37. The Kier molecular flexibility index (Phi) is 6.31. The lowest BCUT2D eigenvalue weighted by Crippen LogP contribution is -2.30. The summed E-state index contributed by atoms with van der Waals surface area (Å²) < 4.78 is 5.20. The number of rotatable bonds is 6. The second-order valence-electron chi connectivity index (χ2n) is 7.33. The highest BCUT2D eigenvalue weighted by molar-refractivity contribution is 7.18. The molecule has 2 aromatic heterocycles. The average Bonchev–Trinajstić information content (AvgIpc) is 3.26. The van der Waals surface area contributed by atoms with E-state index in [1.54, 1.807) is 29.5 Å². The molecular weight excluding hydrogens is 461 g/mol. The van der Waals surface area contributed by atoms with E-state index in [1.165, 1.54) is 11.8 Å². The summed E-state index contributed by atoms with van der Waals surface area (Å²) in [5.74, 6) is -0.643. The molecule has 0 radical (unpaired) electrons. The van der Waals surface area contributed by atoms with Gasteiger partial charge in [-0.25, -0.2) is 4.98 Å². The molecule has 31 heavy (non-hydrogen) atoms. The van der Waals surface area contributed by atoms with E-state index in [1.807, 2.05) is 0 Å². The SMILES string of the molecule is C[C@H](OC(=O)CCc1nc2sc3c(c2c(=O)[nH]1)CCC3)C(=O)Nc1cc(Cl)cc(Cl)c1. The number of nitrogens with zero attached hydrogens (tertiary/aromatic N) is 1. The molecule has 0 aliphatic heterocycles. The number of ether oxygens (including phenoxy) is 1. The van der Waals surface area contributed by atoms with Crippen molar-refractivity contribution in [2.24, 2.45) is 0 Å². The minimum atomic E-state index is -1.01. The third kappa shape index (κ3) is 4.92. The van der Waals surface area contributed by atoms with Gasteiger partial charge in [-0.1, -0.05) is 23.2 Å². The van der Waals surface area contributed by atoms with Crippen molar-refractivity contribution >= 4 is 62.3 Å². The van der Waals surface area contributed by atoms with Gasteiger partial charge in [-0.05, 0) is 49.9 Å². The van der Waals surface area contributed by atoms with Crippen molar-refractivity contribution in [1.82, 2.24) is 9.97 Å². The molecule has 4 rings (SSSR count). The number of carbonyl (C=O) groups is 2. The monoisotopic (exact) mass is 479 g/mol. The summed E-state index contributed by atoms with van der Waals surface area (Å²) >= 11 is 13.4. The van der Waals surface area contributed by atoms with Gasteiger partial charge in [0, 0.05) is 27.0 Å². The number of aromatic amines is 1. The number of amides is 1. The number of hydrogen-bond donors (Lipinski definition) is 2. The summed E-state index contributed by atoms with van der Waals surface area (Å²) in [5.41, 5.74) is 1.35. The largest absolute Gasteiger partial charge is 0.453 e. The number of fused-ring (bicyclic) bond motifs is 3. The molecule has 0 saturated heterocycles. The van der Waals surface area contributed by atoms with Crippen LogP contribution in [0.5, 0.6) is 0 Å². The first-order chi connectivity index (χ1) is 14.8. The normalized spacial score (nSPS) is 13.8. The van der Waals surface area contributed by atoms with E-state index < -0.39 is 18.0 Å². The summed E-state index contributed by atoms with van der Waals surface area (Å²) in [6.07, 6.45) is 2.15. The molecule has 1 aliphatic carbocycles. The van der Waals surface area contributed by atoms with Gasteiger partial charge in [0.05, 0.1) is 11.8 Å². The lowest BCUT2D eigenvalue weighted by Gasteiger charge is -2.14. The molecule has 1 aliphatic rings.